The Bertz CT molecular complexity index is 915. The van der Waals surface area contributed by atoms with Crippen LogP contribution in [0.25, 0.3) is 0 Å². The van der Waals surface area contributed by atoms with Crippen LogP contribution in [0.5, 0.6) is 11.5 Å². The third kappa shape index (κ3) is 4.96. The molecule has 8 nitrogen and oxygen atoms in total. The smallest absolute Gasteiger partial charge is 0.326 e. The number of phenolic OH excluding ortho intramolecular Hbond substituents is 1. The van der Waals surface area contributed by atoms with E-state index in [1.807, 2.05) is 35.2 Å². The number of benzene rings is 2. The number of phenols is 1. The lowest BCUT2D eigenvalue weighted by molar-refractivity contribution is -0.125. The number of aliphatic hydroxyl groups excluding tert-OH is 1. The van der Waals surface area contributed by atoms with Crippen molar-refractivity contribution >= 4 is 17.6 Å². The number of aromatic hydroxyl groups is 1. The van der Waals surface area contributed by atoms with Gasteiger partial charge >= 0.3 is 6.03 Å². The molecule has 3 amide bonds. The molecule has 2 aromatic rings. The minimum Gasteiger partial charge on any atom is -0.508 e. The molecule has 2 aliphatic rings. The highest BCUT2D eigenvalue weighted by Gasteiger charge is 2.40. The molecule has 2 aromatic carbocycles. The summed E-state index contributed by atoms with van der Waals surface area (Å²) in [6.45, 7) is 0.643. The maximum Gasteiger partial charge on any atom is 0.326 e. The predicted octanol–water partition coefficient (Wildman–Crippen LogP) is 3.05. The van der Waals surface area contributed by atoms with Crippen molar-refractivity contribution in [3.63, 3.8) is 0 Å². The summed E-state index contributed by atoms with van der Waals surface area (Å²) in [5, 5.41) is 23.1. The Morgan fingerprint density at radius 2 is 1.62 bits per heavy atom. The average Bonchev–Trinajstić information content (AvgIpc) is 2.82. The lowest BCUT2D eigenvalue weighted by Gasteiger charge is -2.45. The third-order valence-corrected chi connectivity index (χ3v) is 6.11. The van der Waals surface area contributed by atoms with Crippen molar-refractivity contribution in [1.29, 1.82) is 0 Å². The number of nitrogens with zero attached hydrogens (tertiary/aromatic N) is 2. The standard InChI is InChI=1S/C24H29N3O5/c28-19-11-13-20(14-12-19)32-23-22(30)27(16-15-26(23)18-9-5-2-6-10-18)24(31)25-21(29)17-7-3-1-4-8-17/h2,5-6,9-14,17,22-23,28,30H,1,3-4,7-8,15-16H2,(H,25,29,31). The second-order valence-corrected chi connectivity index (χ2v) is 8.27. The van der Waals surface area contributed by atoms with Gasteiger partial charge in [0.05, 0.1) is 0 Å². The largest absolute Gasteiger partial charge is 0.508 e. The van der Waals surface area contributed by atoms with Gasteiger partial charge in [-0.05, 0) is 49.2 Å². The first-order valence-corrected chi connectivity index (χ1v) is 11.1. The number of amides is 3. The highest BCUT2D eigenvalue weighted by atomic mass is 16.5. The molecule has 32 heavy (non-hydrogen) atoms. The highest BCUT2D eigenvalue weighted by molar-refractivity contribution is 5.95. The molecule has 1 aliphatic heterocycles. The van der Waals surface area contributed by atoms with Gasteiger partial charge in [-0.1, -0.05) is 37.5 Å². The molecule has 0 bridgehead atoms. The minimum absolute atomic E-state index is 0.101. The van der Waals surface area contributed by atoms with E-state index in [0.29, 0.717) is 12.3 Å². The zero-order valence-corrected chi connectivity index (χ0v) is 17.9. The number of carbonyl (C=O) groups excluding carboxylic acids is 2. The summed E-state index contributed by atoms with van der Waals surface area (Å²) in [4.78, 5) is 28.5. The van der Waals surface area contributed by atoms with Gasteiger partial charge in [0.1, 0.15) is 11.5 Å². The second kappa shape index (κ2) is 9.91. The SMILES string of the molecule is O=C(NC(=O)N1CCN(c2ccccc2)C(Oc2ccc(O)cc2)C1O)C1CCCCC1. The number of rotatable bonds is 4. The van der Waals surface area contributed by atoms with Crippen molar-refractivity contribution in [1.82, 2.24) is 10.2 Å². The summed E-state index contributed by atoms with van der Waals surface area (Å²) in [6.07, 6.45) is 2.48. The molecule has 0 aromatic heterocycles. The summed E-state index contributed by atoms with van der Waals surface area (Å²) in [7, 11) is 0. The fourth-order valence-electron chi connectivity index (χ4n) is 4.34. The Morgan fingerprint density at radius 1 is 0.938 bits per heavy atom. The van der Waals surface area contributed by atoms with E-state index in [0.717, 1.165) is 37.8 Å². The molecule has 2 unspecified atom stereocenters. The number of aliphatic hydroxyl groups is 1. The van der Waals surface area contributed by atoms with E-state index in [1.165, 1.54) is 17.0 Å². The number of hydrogen-bond acceptors (Lipinski definition) is 6. The van der Waals surface area contributed by atoms with Crippen LogP contribution in [0.3, 0.4) is 0 Å². The average molecular weight is 440 g/mol. The molecule has 2 atom stereocenters. The Kier molecular flexibility index (Phi) is 6.80. The molecule has 1 heterocycles. The van der Waals surface area contributed by atoms with Crippen molar-refractivity contribution in [2.45, 2.75) is 44.6 Å². The number of carbonyl (C=O) groups is 2. The van der Waals surface area contributed by atoms with Gasteiger partial charge in [0.15, 0.2) is 6.23 Å². The van der Waals surface area contributed by atoms with E-state index < -0.39 is 18.5 Å². The highest BCUT2D eigenvalue weighted by Crippen LogP contribution is 2.28. The summed E-state index contributed by atoms with van der Waals surface area (Å²) >= 11 is 0. The molecule has 4 rings (SSSR count). The first-order valence-electron chi connectivity index (χ1n) is 11.1. The molecule has 3 N–H and O–H groups in total. The lowest BCUT2D eigenvalue weighted by atomic mass is 9.89. The molecular weight excluding hydrogens is 410 g/mol. The van der Waals surface area contributed by atoms with Crippen LogP contribution in [0.1, 0.15) is 32.1 Å². The first-order chi connectivity index (χ1) is 15.5. The van der Waals surface area contributed by atoms with Crippen LogP contribution in [0.2, 0.25) is 0 Å². The van der Waals surface area contributed by atoms with Crippen LogP contribution in [0, 0.1) is 5.92 Å². The Morgan fingerprint density at radius 3 is 2.31 bits per heavy atom. The van der Waals surface area contributed by atoms with Crippen molar-refractivity contribution < 1.29 is 24.5 Å². The van der Waals surface area contributed by atoms with Gasteiger partial charge in [-0.15, -0.1) is 0 Å². The Labute approximate surface area is 187 Å². The van der Waals surface area contributed by atoms with Gasteiger partial charge in [0.2, 0.25) is 12.1 Å². The number of nitrogens with one attached hydrogen (secondary N) is 1. The molecule has 0 radical (unpaired) electrons. The maximum absolute atomic E-state index is 12.9. The lowest BCUT2D eigenvalue weighted by Crippen LogP contribution is -2.65. The van der Waals surface area contributed by atoms with Crippen LogP contribution in [0.4, 0.5) is 10.5 Å². The zero-order chi connectivity index (χ0) is 22.5. The van der Waals surface area contributed by atoms with Crippen LogP contribution in [-0.2, 0) is 4.79 Å². The van der Waals surface area contributed by atoms with Gasteiger partial charge in [0.25, 0.3) is 0 Å². The van der Waals surface area contributed by atoms with E-state index in [2.05, 4.69) is 5.32 Å². The van der Waals surface area contributed by atoms with Crippen LogP contribution in [0.15, 0.2) is 54.6 Å². The quantitative estimate of drug-likeness (QED) is 0.677. The van der Waals surface area contributed by atoms with Crippen molar-refractivity contribution in [3.05, 3.63) is 54.6 Å². The van der Waals surface area contributed by atoms with E-state index in [4.69, 9.17) is 4.74 Å². The van der Waals surface area contributed by atoms with E-state index in [9.17, 15) is 19.8 Å². The van der Waals surface area contributed by atoms with Crippen molar-refractivity contribution in [3.8, 4) is 11.5 Å². The Balaban J connectivity index is 1.51. The summed E-state index contributed by atoms with van der Waals surface area (Å²) in [6, 6.07) is 15.0. The molecule has 2 fully saturated rings. The molecular formula is C24H29N3O5. The monoisotopic (exact) mass is 439 g/mol. The molecule has 1 saturated heterocycles. The number of para-hydroxylation sites is 1. The second-order valence-electron chi connectivity index (χ2n) is 8.27. The predicted molar refractivity (Wildman–Crippen MR) is 119 cm³/mol. The minimum atomic E-state index is -1.31. The number of imide groups is 1. The molecule has 8 heteroatoms. The van der Waals surface area contributed by atoms with Crippen LogP contribution < -0.4 is 15.0 Å². The molecule has 170 valence electrons. The topological polar surface area (TPSA) is 102 Å². The summed E-state index contributed by atoms with van der Waals surface area (Å²) in [5.41, 5.74) is 0.841. The number of ether oxygens (including phenoxy) is 1. The van der Waals surface area contributed by atoms with E-state index in [-0.39, 0.29) is 24.1 Å². The maximum atomic E-state index is 12.9. The molecule has 1 saturated carbocycles. The van der Waals surface area contributed by atoms with Gasteiger partial charge < -0.3 is 19.8 Å². The van der Waals surface area contributed by atoms with E-state index in [1.54, 1.807) is 12.1 Å². The Hall–Kier alpha value is -3.26. The zero-order valence-electron chi connectivity index (χ0n) is 17.9. The van der Waals surface area contributed by atoms with Crippen molar-refractivity contribution in [2.75, 3.05) is 18.0 Å². The summed E-state index contributed by atoms with van der Waals surface area (Å²) in [5.74, 6) is 0.111. The normalized spacial score (nSPS) is 21.8. The summed E-state index contributed by atoms with van der Waals surface area (Å²) < 4.78 is 6.05. The fraction of sp³-hybridized carbons (Fsp3) is 0.417. The fourth-order valence-corrected chi connectivity index (χ4v) is 4.34. The number of urea groups is 1. The number of piperazine rings is 1. The van der Waals surface area contributed by atoms with Gasteiger partial charge in [-0.3, -0.25) is 15.0 Å². The van der Waals surface area contributed by atoms with Crippen LogP contribution >= 0.6 is 0 Å². The van der Waals surface area contributed by atoms with Gasteiger partial charge in [-0.25, -0.2) is 4.79 Å². The molecule has 1 aliphatic carbocycles. The molecule has 0 spiro atoms. The third-order valence-electron chi connectivity index (χ3n) is 6.11. The van der Waals surface area contributed by atoms with Gasteiger partial charge in [0, 0.05) is 24.7 Å². The van der Waals surface area contributed by atoms with Crippen molar-refractivity contribution in [2.24, 2.45) is 5.92 Å². The van der Waals surface area contributed by atoms with E-state index >= 15 is 0 Å². The number of hydrogen-bond donors (Lipinski definition) is 3. The first kappa shape index (κ1) is 22.0. The van der Waals surface area contributed by atoms with Crippen LogP contribution in [-0.4, -0.2) is 52.6 Å². The van der Waals surface area contributed by atoms with Gasteiger partial charge in [-0.2, -0.15) is 0 Å². The number of anilines is 1.